The third kappa shape index (κ3) is 5.29. The molecule has 0 atom stereocenters. The van der Waals surface area contributed by atoms with Gasteiger partial charge in [-0.3, -0.25) is 0 Å². The van der Waals surface area contributed by atoms with Gasteiger partial charge in [0.2, 0.25) is 0 Å². The fourth-order valence-electron chi connectivity index (χ4n) is 9.65. The van der Waals surface area contributed by atoms with Gasteiger partial charge in [0.1, 0.15) is 5.58 Å². The lowest BCUT2D eigenvalue weighted by Gasteiger charge is -2.18. The van der Waals surface area contributed by atoms with E-state index in [0.717, 1.165) is 33.2 Å². The minimum absolute atomic E-state index is 0.497. The maximum atomic E-state index is 6.24. The minimum atomic E-state index is 0.497. The number of hydrogen-bond donors (Lipinski definition) is 0. The lowest BCUT2D eigenvalue weighted by atomic mass is 9.85. The average Bonchev–Trinajstić information content (AvgIpc) is 3.77. The van der Waals surface area contributed by atoms with Crippen molar-refractivity contribution in [3.63, 3.8) is 0 Å². The number of rotatable bonds is 5. The molecular weight excluding hydrogens is 743 g/mol. The van der Waals surface area contributed by atoms with Gasteiger partial charge in [0.15, 0.2) is 23.2 Å². The number of para-hydroxylation sites is 1. The van der Waals surface area contributed by atoms with E-state index >= 15 is 0 Å². The summed E-state index contributed by atoms with van der Waals surface area (Å²) in [6.45, 7) is 0. The maximum absolute atomic E-state index is 6.24. The second kappa shape index (κ2) is 13.2. The molecule has 61 heavy (non-hydrogen) atoms. The van der Waals surface area contributed by atoms with E-state index in [2.05, 4.69) is 140 Å². The third-order valence-electron chi connectivity index (χ3n) is 12.4. The lowest BCUT2D eigenvalue weighted by Crippen LogP contribution is -1.99. The Hall–Kier alpha value is -8.21. The first-order valence-electron chi connectivity index (χ1n) is 20.7. The summed E-state index contributed by atoms with van der Waals surface area (Å²) < 4.78 is 6.24. The Bertz CT molecular complexity index is 3830. The van der Waals surface area contributed by atoms with E-state index in [9.17, 15) is 0 Å². The van der Waals surface area contributed by atoms with E-state index in [0.29, 0.717) is 23.2 Å². The minimum Gasteiger partial charge on any atom is -0.453 e. The van der Waals surface area contributed by atoms with Crippen LogP contribution in [-0.4, -0.2) is 15.0 Å². The summed E-state index contributed by atoms with van der Waals surface area (Å²) in [5.41, 5.74) is 7.22. The molecule has 4 heteroatoms. The number of hydrogen-bond acceptors (Lipinski definition) is 4. The Morgan fingerprint density at radius 3 is 1.39 bits per heavy atom. The van der Waals surface area contributed by atoms with Crippen LogP contribution in [0.15, 0.2) is 205 Å². The van der Waals surface area contributed by atoms with Gasteiger partial charge in [-0.05, 0) is 111 Å². The molecule has 0 fully saturated rings. The molecule has 13 aromatic rings. The van der Waals surface area contributed by atoms with Gasteiger partial charge in [-0.15, -0.1) is 0 Å². The van der Waals surface area contributed by atoms with Crippen molar-refractivity contribution in [2.45, 2.75) is 0 Å². The van der Waals surface area contributed by atoms with Crippen LogP contribution in [0.4, 0.5) is 0 Å². The van der Waals surface area contributed by atoms with Crippen molar-refractivity contribution >= 4 is 75.6 Å². The van der Waals surface area contributed by atoms with Crippen LogP contribution in [-0.2, 0) is 0 Å². The largest absolute Gasteiger partial charge is 0.453 e. The molecule has 11 aromatic carbocycles. The van der Waals surface area contributed by atoms with Gasteiger partial charge < -0.3 is 4.42 Å². The van der Waals surface area contributed by atoms with E-state index < -0.39 is 0 Å². The SMILES string of the molecule is c1ccc(-c2nc(-c3ccc(-c4ccccc4-c4cc5ccc6cccc7c8cccc9ccc%10cccc(c(c4)c5c67)c%10c98)cc3)nc(-c3cc4ccccc4o3)n2)cc1. The second-order valence-electron chi connectivity index (χ2n) is 15.9. The Balaban J connectivity index is 0.989. The van der Waals surface area contributed by atoms with Crippen molar-refractivity contribution < 1.29 is 4.42 Å². The zero-order chi connectivity index (χ0) is 40.0. The molecule has 0 bridgehead atoms. The van der Waals surface area contributed by atoms with E-state index in [1.807, 2.05) is 60.7 Å². The molecule has 0 spiro atoms. The Morgan fingerprint density at radius 2 is 0.754 bits per heavy atom. The molecule has 4 nitrogen and oxygen atoms in total. The smallest absolute Gasteiger partial charge is 0.199 e. The number of nitrogens with zero attached hydrogens (tertiary/aromatic N) is 3. The van der Waals surface area contributed by atoms with Crippen LogP contribution in [0.5, 0.6) is 0 Å². The first-order valence-corrected chi connectivity index (χ1v) is 20.7. The van der Waals surface area contributed by atoms with Crippen LogP contribution in [0.1, 0.15) is 0 Å². The summed E-state index contributed by atoms with van der Waals surface area (Å²) in [4.78, 5) is 14.9. The van der Waals surface area contributed by atoms with Gasteiger partial charge in [0.05, 0.1) is 0 Å². The highest BCUT2D eigenvalue weighted by Gasteiger charge is 2.19. The molecule has 0 saturated carbocycles. The average molecular weight is 776 g/mol. The first-order chi connectivity index (χ1) is 30.2. The van der Waals surface area contributed by atoms with E-state index in [4.69, 9.17) is 19.4 Å². The molecule has 0 saturated heterocycles. The summed E-state index contributed by atoms with van der Waals surface area (Å²) in [6.07, 6.45) is 0. The molecule has 0 aliphatic rings. The molecule has 2 heterocycles. The monoisotopic (exact) mass is 775 g/mol. The van der Waals surface area contributed by atoms with Gasteiger partial charge in [-0.25, -0.2) is 15.0 Å². The van der Waals surface area contributed by atoms with Crippen molar-refractivity contribution in [2.75, 3.05) is 0 Å². The van der Waals surface area contributed by atoms with Gasteiger partial charge >= 0.3 is 0 Å². The molecule has 13 rings (SSSR count). The summed E-state index contributed by atoms with van der Waals surface area (Å²) in [7, 11) is 0. The van der Waals surface area contributed by atoms with Crippen molar-refractivity contribution in [3.8, 4) is 56.6 Å². The van der Waals surface area contributed by atoms with Crippen molar-refractivity contribution in [1.82, 2.24) is 15.0 Å². The van der Waals surface area contributed by atoms with Crippen molar-refractivity contribution in [1.29, 1.82) is 0 Å². The van der Waals surface area contributed by atoms with Crippen molar-refractivity contribution in [2.24, 2.45) is 0 Å². The first kappa shape index (κ1) is 33.7. The standard InChI is InChI=1S/C57H33N3O/c1-2-11-38(12-3-1)55-58-56(60-57(59-55)50-33-40-13-4-7-22-49(40)61-50)39-28-23-34(24-29-39)43-17-5-6-18-44(43)42-31-41-30-27-37-15-9-20-46-45-19-8-14-35-25-26-36-16-10-21-47(53(36)51(35)45)48(32-42)54(41)52(37)46/h1-33H. The topological polar surface area (TPSA) is 51.8 Å². The highest BCUT2D eigenvalue weighted by Crippen LogP contribution is 2.45. The molecule has 0 N–H and O–H groups in total. The van der Waals surface area contributed by atoms with Gasteiger partial charge in [-0.1, -0.05) is 176 Å². The van der Waals surface area contributed by atoms with Gasteiger partial charge in [0.25, 0.3) is 0 Å². The van der Waals surface area contributed by atoms with Crippen LogP contribution in [0, 0.1) is 0 Å². The second-order valence-corrected chi connectivity index (χ2v) is 15.9. The van der Waals surface area contributed by atoms with E-state index in [1.54, 1.807) is 0 Å². The summed E-state index contributed by atoms with van der Waals surface area (Å²) in [5, 5.41) is 16.3. The highest BCUT2D eigenvalue weighted by molar-refractivity contribution is 6.37. The van der Waals surface area contributed by atoms with Crippen LogP contribution >= 0.6 is 0 Å². The Labute approximate surface area is 350 Å². The molecular formula is C57H33N3O. The number of fused-ring (bicyclic) bond motifs is 3. The maximum Gasteiger partial charge on any atom is 0.199 e. The molecule has 0 unspecified atom stereocenters. The number of benzene rings is 10. The quantitative estimate of drug-likeness (QED) is 0.163. The summed E-state index contributed by atoms with van der Waals surface area (Å²) in [5.74, 6) is 2.28. The predicted molar refractivity (Wildman–Crippen MR) is 253 cm³/mol. The summed E-state index contributed by atoms with van der Waals surface area (Å²) in [6, 6.07) is 71.6. The van der Waals surface area contributed by atoms with Crippen LogP contribution < -0.4 is 0 Å². The van der Waals surface area contributed by atoms with Gasteiger partial charge in [-0.2, -0.15) is 0 Å². The van der Waals surface area contributed by atoms with Crippen LogP contribution in [0.25, 0.3) is 132 Å². The molecule has 0 radical (unpaired) electrons. The van der Waals surface area contributed by atoms with E-state index in [1.165, 1.54) is 75.8 Å². The number of furan rings is 1. The lowest BCUT2D eigenvalue weighted by molar-refractivity contribution is 0.625. The van der Waals surface area contributed by atoms with Gasteiger partial charge in [0, 0.05) is 16.5 Å². The van der Waals surface area contributed by atoms with E-state index in [-0.39, 0.29) is 0 Å². The predicted octanol–water partition coefficient (Wildman–Crippen LogP) is 15.3. The fourth-order valence-corrected chi connectivity index (χ4v) is 9.65. The Kier molecular flexibility index (Phi) is 7.27. The molecule has 0 aliphatic carbocycles. The Morgan fingerprint density at radius 1 is 0.279 bits per heavy atom. The molecule has 2 aromatic heterocycles. The highest BCUT2D eigenvalue weighted by atomic mass is 16.3. The normalized spacial score (nSPS) is 11.9. The number of aromatic nitrogens is 3. The zero-order valence-electron chi connectivity index (χ0n) is 32.8. The molecule has 0 aliphatic heterocycles. The zero-order valence-corrected chi connectivity index (χ0v) is 32.8. The molecule has 0 amide bonds. The van der Waals surface area contributed by atoms with Crippen LogP contribution in [0.2, 0.25) is 0 Å². The summed E-state index contributed by atoms with van der Waals surface area (Å²) >= 11 is 0. The van der Waals surface area contributed by atoms with Crippen LogP contribution in [0.3, 0.4) is 0 Å². The third-order valence-corrected chi connectivity index (χ3v) is 12.4. The molecule has 282 valence electrons. The van der Waals surface area contributed by atoms with Crippen molar-refractivity contribution in [3.05, 3.63) is 200 Å². The fraction of sp³-hybridized carbons (Fsp3) is 0.